The molecule has 2 N–H and O–H groups in total. The normalized spacial score (nSPS) is 26.8. The number of hydrogen-bond acceptors (Lipinski definition) is 1. The molecule has 17 heavy (non-hydrogen) atoms. The van der Waals surface area contributed by atoms with Gasteiger partial charge in [0.15, 0.2) is 0 Å². The van der Waals surface area contributed by atoms with E-state index in [1.165, 1.54) is 30.4 Å². The predicted molar refractivity (Wildman–Crippen MR) is 76.9 cm³/mol. The van der Waals surface area contributed by atoms with E-state index in [0.717, 1.165) is 12.3 Å². The Morgan fingerprint density at radius 2 is 2.00 bits per heavy atom. The lowest BCUT2D eigenvalue weighted by molar-refractivity contribution is 0.346. The molecule has 1 rings (SSSR count). The molecule has 1 aliphatic rings. The van der Waals surface area contributed by atoms with Crippen LogP contribution in [0.25, 0.3) is 0 Å². The van der Waals surface area contributed by atoms with Crippen LogP contribution in [0.1, 0.15) is 60.3 Å². The highest BCUT2D eigenvalue weighted by Gasteiger charge is 2.26. The highest BCUT2D eigenvalue weighted by atomic mass is 14.6. The summed E-state index contributed by atoms with van der Waals surface area (Å²) in [6, 6.07) is 0.167. The quantitative estimate of drug-likeness (QED) is 0.749. The summed E-state index contributed by atoms with van der Waals surface area (Å²) in [6.45, 7) is 11.3. The summed E-state index contributed by atoms with van der Waals surface area (Å²) in [5, 5.41) is 0. The lowest BCUT2D eigenvalue weighted by Gasteiger charge is -2.33. The zero-order chi connectivity index (χ0) is 13.1. The average molecular weight is 235 g/mol. The van der Waals surface area contributed by atoms with Crippen molar-refractivity contribution in [2.24, 2.45) is 17.1 Å². The Bertz CT molecular complexity index is 309. The molecule has 0 aromatic carbocycles. The first-order chi connectivity index (χ1) is 7.88. The summed E-state index contributed by atoms with van der Waals surface area (Å²) < 4.78 is 0. The van der Waals surface area contributed by atoms with Crippen LogP contribution in [-0.4, -0.2) is 6.04 Å². The SMILES string of the molecule is CCC1=CCC(C)(CCC(C)C)C=C1C(C)N. The van der Waals surface area contributed by atoms with Gasteiger partial charge in [0.05, 0.1) is 0 Å². The summed E-state index contributed by atoms with van der Waals surface area (Å²) in [7, 11) is 0. The maximum absolute atomic E-state index is 6.10. The van der Waals surface area contributed by atoms with E-state index < -0.39 is 0 Å². The van der Waals surface area contributed by atoms with Crippen molar-refractivity contribution in [3.05, 3.63) is 23.3 Å². The summed E-state index contributed by atoms with van der Waals surface area (Å²) in [5.41, 5.74) is 9.27. The molecule has 0 aliphatic heterocycles. The second-order valence-corrected chi connectivity index (χ2v) is 6.26. The van der Waals surface area contributed by atoms with Gasteiger partial charge in [-0.2, -0.15) is 0 Å². The molecule has 0 amide bonds. The molecule has 1 nitrogen and oxygen atoms in total. The fourth-order valence-corrected chi connectivity index (χ4v) is 2.57. The average Bonchev–Trinajstić information content (AvgIpc) is 2.26. The zero-order valence-electron chi connectivity index (χ0n) is 12.2. The molecular formula is C16H29N. The fourth-order valence-electron chi connectivity index (χ4n) is 2.57. The van der Waals surface area contributed by atoms with Gasteiger partial charge in [-0.3, -0.25) is 0 Å². The Kier molecular flexibility index (Phi) is 5.00. The van der Waals surface area contributed by atoms with Gasteiger partial charge in [-0.1, -0.05) is 46.3 Å². The number of rotatable bonds is 5. The number of allylic oxidation sites excluding steroid dienone is 2. The number of nitrogens with two attached hydrogens (primary N) is 1. The highest BCUT2D eigenvalue weighted by molar-refractivity contribution is 5.39. The van der Waals surface area contributed by atoms with Gasteiger partial charge in [0.25, 0.3) is 0 Å². The van der Waals surface area contributed by atoms with Gasteiger partial charge in [-0.25, -0.2) is 0 Å². The third-order valence-electron chi connectivity index (χ3n) is 3.85. The van der Waals surface area contributed by atoms with Gasteiger partial charge in [-0.15, -0.1) is 0 Å². The molecule has 0 spiro atoms. The maximum Gasteiger partial charge on any atom is 0.0265 e. The molecule has 2 unspecified atom stereocenters. The van der Waals surface area contributed by atoms with Crippen LogP contribution in [0.2, 0.25) is 0 Å². The van der Waals surface area contributed by atoms with Crippen LogP contribution in [-0.2, 0) is 0 Å². The zero-order valence-corrected chi connectivity index (χ0v) is 12.2. The highest BCUT2D eigenvalue weighted by Crippen LogP contribution is 2.39. The van der Waals surface area contributed by atoms with E-state index in [1.54, 1.807) is 0 Å². The Balaban J connectivity index is 2.82. The lowest BCUT2D eigenvalue weighted by atomic mass is 9.73. The second-order valence-electron chi connectivity index (χ2n) is 6.26. The van der Waals surface area contributed by atoms with E-state index in [4.69, 9.17) is 5.73 Å². The molecule has 0 fully saturated rings. The van der Waals surface area contributed by atoms with E-state index in [9.17, 15) is 0 Å². The van der Waals surface area contributed by atoms with Crippen molar-refractivity contribution in [1.82, 2.24) is 0 Å². The summed E-state index contributed by atoms with van der Waals surface area (Å²) in [5.74, 6) is 0.788. The van der Waals surface area contributed by atoms with E-state index in [-0.39, 0.29) is 6.04 Å². The van der Waals surface area contributed by atoms with Crippen LogP contribution in [0.4, 0.5) is 0 Å². The first-order valence-corrected chi connectivity index (χ1v) is 7.05. The number of hydrogen-bond donors (Lipinski definition) is 1. The molecule has 0 aromatic heterocycles. The lowest BCUT2D eigenvalue weighted by Crippen LogP contribution is -2.26. The largest absolute Gasteiger partial charge is 0.324 e. The van der Waals surface area contributed by atoms with Gasteiger partial charge in [0.2, 0.25) is 0 Å². The van der Waals surface area contributed by atoms with Crippen molar-refractivity contribution in [1.29, 1.82) is 0 Å². The molecule has 1 aliphatic carbocycles. The second kappa shape index (κ2) is 5.86. The van der Waals surface area contributed by atoms with Crippen molar-refractivity contribution < 1.29 is 0 Å². The van der Waals surface area contributed by atoms with Crippen molar-refractivity contribution in [2.45, 2.75) is 66.3 Å². The molecule has 0 saturated heterocycles. The van der Waals surface area contributed by atoms with Gasteiger partial charge in [-0.05, 0) is 48.7 Å². The van der Waals surface area contributed by atoms with Crippen molar-refractivity contribution in [2.75, 3.05) is 0 Å². The molecule has 0 radical (unpaired) electrons. The van der Waals surface area contributed by atoms with Crippen LogP contribution in [0.3, 0.4) is 0 Å². The standard InChI is InChI=1S/C16H29N/c1-6-14-8-10-16(5,9-7-12(2)3)11-15(14)13(4)17/h8,11-13H,6-7,9-10,17H2,1-5H3. The minimum absolute atomic E-state index is 0.167. The maximum atomic E-state index is 6.10. The Morgan fingerprint density at radius 1 is 1.35 bits per heavy atom. The topological polar surface area (TPSA) is 26.0 Å². The van der Waals surface area contributed by atoms with Gasteiger partial charge >= 0.3 is 0 Å². The first-order valence-electron chi connectivity index (χ1n) is 7.05. The summed E-state index contributed by atoms with van der Waals surface area (Å²) in [4.78, 5) is 0. The Hall–Kier alpha value is -0.560. The third kappa shape index (κ3) is 3.99. The van der Waals surface area contributed by atoms with Gasteiger partial charge < -0.3 is 5.73 Å². The van der Waals surface area contributed by atoms with Crippen LogP contribution < -0.4 is 5.73 Å². The van der Waals surface area contributed by atoms with Crippen LogP contribution in [0.5, 0.6) is 0 Å². The smallest absolute Gasteiger partial charge is 0.0265 e. The molecule has 0 heterocycles. The predicted octanol–water partition coefficient (Wildman–Crippen LogP) is 4.44. The van der Waals surface area contributed by atoms with Crippen LogP contribution in [0, 0.1) is 11.3 Å². The van der Waals surface area contributed by atoms with Crippen molar-refractivity contribution in [3.8, 4) is 0 Å². The molecule has 0 bridgehead atoms. The minimum Gasteiger partial charge on any atom is -0.324 e. The van der Waals surface area contributed by atoms with Gasteiger partial charge in [0, 0.05) is 6.04 Å². The van der Waals surface area contributed by atoms with Crippen LogP contribution in [0.15, 0.2) is 23.3 Å². The molecule has 0 aromatic rings. The fraction of sp³-hybridized carbons (Fsp3) is 0.750. The molecule has 1 heteroatoms. The summed E-state index contributed by atoms with van der Waals surface area (Å²) >= 11 is 0. The van der Waals surface area contributed by atoms with Crippen LogP contribution >= 0.6 is 0 Å². The molecule has 2 atom stereocenters. The van der Waals surface area contributed by atoms with Crippen molar-refractivity contribution in [3.63, 3.8) is 0 Å². The van der Waals surface area contributed by atoms with E-state index >= 15 is 0 Å². The molecule has 0 saturated carbocycles. The third-order valence-corrected chi connectivity index (χ3v) is 3.85. The molecular weight excluding hydrogens is 206 g/mol. The van der Waals surface area contributed by atoms with Gasteiger partial charge in [0.1, 0.15) is 0 Å². The summed E-state index contributed by atoms with van der Waals surface area (Å²) in [6.07, 6.45) is 9.73. The first kappa shape index (κ1) is 14.5. The molecule has 98 valence electrons. The monoisotopic (exact) mass is 235 g/mol. The Morgan fingerprint density at radius 3 is 2.47 bits per heavy atom. The minimum atomic E-state index is 0.167. The van der Waals surface area contributed by atoms with Crippen molar-refractivity contribution >= 4 is 0 Å². The van der Waals surface area contributed by atoms with E-state index in [2.05, 4.69) is 46.8 Å². The van der Waals surface area contributed by atoms with E-state index in [1.807, 2.05) is 0 Å². The van der Waals surface area contributed by atoms with E-state index in [0.29, 0.717) is 5.41 Å². The Labute approximate surface area is 107 Å².